The lowest BCUT2D eigenvalue weighted by atomic mass is 10.0. The molecule has 0 aromatic rings. The maximum absolute atomic E-state index is 11.1. The molecule has 0 heterocycles. The monoisotopic (exact) mass is 368 g/mol. The van der Waals surface area contributed by atoms with Gasteiger partial charge in [-0.3, -0.25) is 4.79 Å². The van der Waals surface area contributed by atoms with Gasteiger partial charge in [0.15, 0.2) is 0 Å². The summed E-state index contributed by atoms with van der Waals surface area (Å²) >= 11 is 0. The molecule has 0 aliphatic carbocycles. The Morgan fingerprint density at radius 2 is 1.35 bits per heavy atom. The van der Waals surface area contributed by atoms with E-state index in [2.05, 4.69) is 19.9 Å². The van der Waals surface area contributed by atoms with Crippen LogP contribution in [-0.2, 0) is 14.3 Å². The molecule has 154 valence electrons. The summed E-state index contributed by atoms with van der Waals surface area (Å²) in [5, 5.41) is 0. The maximum atomic E-state index is 11.1. The molecule has 26 heavy (non-hydrogen) atoms. The predicted molar refractivity (Wildman–Crippen MR) is 111 cm³/mol. The molecule has 0 saturated heterocycles. The average molecular weight is 369 g/mol. The highest BCUT2D eigenvalue weighted by Crippen LogP contribution is 2.12. The molecule has 3 nitrogen and oxygen atoms in total. The van der Waals surface area contributed by atoms with Gasteiger partial charge in [-0.2, -0.15) is 0 Å². The average Bonchev–Trinajstić information content (AvgIpc) is 2.61. The Kier molecular flexibility index (Phi) is 19.8. The highest BCUT2D eigenvalue weighted by molar-refractivity contribution is 5.66. The van der Waals surface area contributed by atoms with Crippen molar-refractivity contribution in [2.24, 2.45) is 0 Å². The number of carbonyl (C=O) groups excluding carboxylic acids is 1. The lowest BCUT2D eigenvalue weighted by Gasteiger charge is -2.13. The van der Waals surface area contributed by atoms with E-state index in [1.165, 1.54) is 84.0 Å². The molecule has 0 fully saturated rings. The Morgan fingerprint density at radius 1 is 0.808 bits per heavy atom. The largest absolute Gasteiger partial charge is 0.456 e. The Balaban J connectivity index is 3.49. The van der Waals surface area contributed by atoms with Crippen molar-refractivity contribution in [3.63, 3.8) is 0 Å². The minimum absolute atomic E-state index is 0.239. The van der Waals surface area contributed by atoms with Gasteiger partial charge in [-0.1, -0.05) is 90.6 Å². The van der Waals surface area contributed by atoms with E-state index in [0.29, 0.717) is 13.2 Å². The van der Waals surface area contributed by atoms with E-state index in [9.17, 15) is 4.79 Å². The number of carbonyl (C=O) groups is 1. The van der Waals surface area contributed by atoms with Crippen molar-refractivity contribution in [1.82, 2.24) is 0 Å². The summed E-state index contributed by atoms with van der Waals surface area (Å²) in [4.78, 5) is 11.1. The van der Waals surface area contributed by atoms with Gasteiger partial charge >= 0.3 is 5.97 Å². The fraction of sp³-hybridized carbons (Fsp3) is 0.870. The third-order valence-electron chi connectivity index (χ3n) is 4.52. The summed E-state index contributed by atoms with van der Waals surface area (Å²) < 4.78 is 10.7. The SMILES string of the molecule is CCCCCCCCCCCCCCC=CC(COCCC)OC(C)=O. The standard InChI is InChI=1S/C23H44O3/c1-4-6-7-8-9-10-11-12-13-14-15-16-17-18-19-23(26-22(3)24)21-25-20-5-2/h18-19,23H,4-17,20-21H2,1-3H3. The van der Waals surface area contributed by atoms with Crippen LogP contribution in [0, 0.1) is 0 Å². The number of hydrogen-bond donors (Lipinski definition) is 0. The first-order chi connectivity index (χ1) is 12.7. The third-order valence-corrected chi connectivity index (χ3v) is 4.52. The van der Waals surface area contributed by atoms with Gasteiger partial charge in [0, 0.05) is 13.5 Å². The van der Waals surface area contributed by atoms with E-state index in [1.54, 1.807) is 0 Å². The van der Waals surface area contributed by atoms with Gasteiger partial charge in [0.25, 0.3) is 0 Å². The van der Waals surface area contributed by atoms with Crippen LogP contribution < -0.4 is 0 Å². The van der Waals surface area contributed by atoms with Crippen LogP contribution in [0.3, 0.4) is 0 Å². The quantitative estimate of drug-likeness (QED) is 0.140. The van der Waals surface area contributed by atoms with Crippen LogP contribution in [0.15, 0.2) is 12.2 Å². The fourth-order valence-electron chi connectivity index (χ4n) is 3.04. The van der Waals surface area contributed by atoms with Crippen LogP contribution in [0.1, 0.15) is 111 Å². The van der Waals surface area contributed by atoms with Crippen LogP contribution in [0.4, 0.5) is 0 Å². The molecule has 0 bridgehead atoms. The predicted octanol–water partition coefficient (Wildman–Crippen LogP) is 6.99. The molecular formula is C23H44O3. The number of ether oxygens (including phenoxy) is 2. The zero-order chi connectivity index (χ0) is 19.3. The first kappa shape index (κ1) is 25.2. The van der Waals surface area contributed by atoms with Gasteiger partial charge in [-0.05, 0) is 25.3 Å². The molecule has 0 aliphatic rings. The first-order valence-electron chi connectivity index (χ1n) is 11.1. The van der Waals surface area contributed by atoms with Crippen LogP contribution in [-0.4, -0.2) is 25.3 Å². The lowest BCUT2D eigenvalue weighted by molar-refractivity contribution is -0.146. The smallest absolute Gasteiger partial charge is 0.303 e. The molecule has 0 rings (SSSR count). The van der Waals surface area contributed by atoms with Crippen molar-refractivity contribution < 1.29 is 14.3 Å². The molecule has 0 aromatic carbocycles. The van der Waals surface area contributed by atoms with Gasteiger partial charge < -0.3 is 9.47 Å². The number of hydrogen-bond acceptors (Lipinski definition) is 3. The topological polar surface area (TPSA) is 35.5 Å². The van der Waals surface area contributed by atoms with E-state index < -0.39 is 0 Å². The van der Waals surface area contributed by atoms with Gasteiger partial charge in [-0.25, -0.2) is 0 Å². The van der Waals surface area contributed by atoms with Gasteiger partial charge in [0.05, 0.1) is 6.61 Å². The molecule has 1 atom stereocenters. The summed E-state index contributed by atoms with van der Waals surface area (Å²) in [6.07, 6.45) is 22.4. The van der Waals surface area contributed by atoms with Crippen LogP contribution in [0.5, 0.6) is 0 Å². The van der Waals surface area contributed by atoms with E-state index in [-0.39, 0.29) is 12.1 Å². The van der Waals surface area contributed by atoms with E-state index in [1.807, 2.05) is 6.08 Å². The highest BCUT2D eigenvalue weighted by Gasteiger charge is 2.07. The van der Waals surface area contributed by atoms with Crippen molar-refractivity contribution in [1.29, 1.82) is 0 Å². The Morgan fingerprint density at radius 3 is 1.85 bits per heavy atom. The van der Waals surface area contributed by atoms with Crippen LogP contribution >= 0.6 is 0 Å². The number of rotatable bonds is 19. The second-order valence-electron chi connectivity index (χ2n) is 7.33. The summed E-state index contributed by atoms with van der Waals surface area (Å²) in [5.74, 6) is -0.245. The molecule has 0 N–H and O–H groups in total. The minimum Gasteiger partial charge on any atom is -0.456 e. The third kappa shape index (κ3) is 19.5. The number of esters is 1. The van der Waals surface area contributed by atoms with Crippen LogP contribution in [0.25, 0.3) is 0 Å². The number of allylic oxidation sites excluding steroid dienone is 1. The lowest BCUT2D eigenvalue weighted by Crippen LogP contribution is -2.20. The molecule has 0 spiro atoms. The summed E-state index contributed by atoms with van der Waals surface area (Å²) in [6, 6.07) is 0. The molecule has 1 unspecified atom stereocenters. The first-order valence-corrected chi connectivity index (χ1v) is 11.1. The summed E-state index contributed by atoms with van der Waals surface area (Å²) in [7, 11) is 0. The molecule has 0 amide bonds. The Bertz CT molecular complexity index is 325. The second kappa shape index (κ2) is 20.5. The van der Waals surface area contributed by atoms with Crippen molar-refractivity contribution >= 4 is 5.97 Å². The molecule has 0 saturated carbocycles. The molecule has 0 aromatic heterocycles. The van der Waals surface area contributed by atoms with E-state index in [4.69, 9.17) is 9.47 Å². The Labute approximate surface area is 162 Å². The maximum Gasteiger partial charge on any atom is 0.303 e. The highest BCUT2D eigenvalue weighted by atomic mass is 16.6. The zero-order valence-electron chi connectivity index (χ0n) is 17.8. The Hall–Kier alpha value is -0.830. The van der Waals surface area contributed by atoms with E-state index >= 15 is 0 Å². The zero-order valence-corrected chi connectivity index (χ0v) is 17.8. The van der Waals surface area contributed by atoms with Crippen molar-refractivity contribution in [3.05, 3.63) is 12.2 Å². The van der Waals surface area contributed by atoms with E-state index in [0.717, 1.165) is 12.8 Å². The van der Waals surface area contributed by atoms with Crippen molar-refractivity contribution in [2.45, 2.75) is 117 Å². The summed E-state index contributed by atoms with van der Waals surface area (Å²) in [6.45, 7) is 6.97. The minimum atomic E-state index is -0.245. The molecular weight excluding hydrogens is 324 g/mol. The number of unbranched alkanes of at least 4 members (excludes halogenated alkanes) is 12. The van der Waals surface area contributed by atoms with Crippen molar-refractivity contribution in [2.75, 3.05) is 13.2 Å². The second-order valence-corrected chi connectivity index (χ2v) is 7.33. The molecule has 0 radical (unpaired) electrons. The summed E-state index contributed by atoms with van der Waals surface area (Å²) in [5.41, 5.74) is 0. The molecule has 3 heteroatoms. The van der Waals surface area contributed by atoms with Gasteiger partial charge in [0.2, 0.25) is 0 Å². The van der Waals surface area contributed by atoms with Gasteiger partial charge in [-0.15, -0.1) is 0 Å². The molecule has 0 aliphatic heterocycles. The van der Waals surface area contributed by atoms with Crippen LogP contribution in [0.2, 0.25) is 0 Å². The van der Waals surface area contributed by atoms with Crippen molar-refractivity contribution in [3.8, 4) is 0 Å². The normalized spacial score (nSPS) is 12.6. The fourth-order valence-corrected chi connectivity index (χ4v) is 3.04. The van der Waals surface area contributed by atoms with Gasteiger partial charge in [0.1, 0.15) is 6.10 Å².